The summed E-state index contributed by atoms with van der Waals surface area (Å²) < 4.78 is 5.90. The predicted molar refractivity (Wildman–Crippen MR) is 105 cm³/mol. The van der Waals surface area contributed by atoms with Gasteiger partial charge in [-0.3, -0.25) is 4.79 Å². The summed E-state index contributed by atoms with van der Waals surface area (Å²) in [5.74, 6) is 0.205. The van der Waals surface area contributed by atoms with Crippen LogP contribution in [0.15, 0.2) is 57.9 Å². The molecule has 0 aliphatic carbocycles. The molecule has 0 saturated carbocycles. The summed E-state index contributed by atoms with van der Waals surface area (Å²) in [5, 5.41) is 11.0. The minimum atomic E-state index is -0.0565. The standard InChI is InChI=1S/C22H24N2O3/c1-2-23-10-12-24(13-11-23)14-18-20(25)9-8-17-21(26)19(15-27-22(17)18)16-6-4-3-5-7-16/h3-9,15,25H,2,10-14H2,1H3/p+2. The number of phenols is 1. The lowest BCUT2D eigenvalue weighted by Crippen LogP contribution is -3.27. The summed E-state index contributed by atoms with van der Waals surface area (Å²) in [6.07, 6.45) is 1.53. The van der Waals surface area contributed by atoms with Gasteiger partial charge in [0.1, 0.15) is 50.3 Å². The van der Waals surface area contributed by atoms with E-state index in [4.69, 9.17) is 4.42 Å². The minimum absolute atomic E-state index is 0.0565. The zero-order chi connectivity index (χ0) is 18.8. The number of hydrogen-bond acceptors (Lipinski definition) is 3. The SMILES string of the molecule is CC[NH+]1CC[NH+](Cc2c(O)ccc3c(=O)c(-c4ccccc4)coc23)CC1. The lowest BCUT2D eigenvalue weighted by atomic mass is 10.0. The smallest absolute Gasteiger partial charge is 0.200 e. The Morgan fingerprint density at radius 1 is 1.00 bits per heavy atom. The molecule has 0 spiro atoms. The van der Waals surface area contributed by atoms with E-state index in [0.29, 0.717) is 23.1 Å². The van der Waals surface area contributed by atoms with E-state index in [1.165, 1.54) is 11.2 Å². The maximum absolute atomic E-state index is 13.0. The fraction of sp³-hybridized carbons (Fsp3) is 0.318. The fourth-order valence-corrected chi connectivity index (χ4v) is 3.97. The van der Waals surface area contributed by atoms with Gasteiger partial charge in [0, 0.05) is 0 Å². The molecule has 140 valence electrons. The fourth-order valence-electron chi connectivity index (χ4n) is 3.97. The molecule has 3 N–H and O–H groups in total. The summed E-state index contributed by atoms with van der Waals surface area (Å²) in [5.41, 5.74) is 2.58. The molecule has 1 fully saturated rings. The van der Waals surface area contributed by atoms with E-state index < -0.39 is 0 Å². The molecule has 0 bridgehead atoms. The van der Waals surface area contributed by atoms with Crippen LogP contribution >= 0.6 is 0 Å². The molecule has 0 unspecified atom stereocenters. The molecular weight excluding hydrogens is 340 g/mol. The highest BCUT2D eigenvalue weighted by Gasteiger charge is 2.25. The first kappa shape index (κ1) is 17.8. The van der Waals surface area contributed by atoms with Crippen LogP contribution in [0, 0.1) is 0 Å². The number of hydrogen-bond donors (Lipinski definition) is 3. The first-order valence-electron chi connectivity index (χ1n) is 9.66. The van der Waals surface area contributed by atoms with Crippen LogP contribution in [0.1, 0.15) is 12.5 Å². The Kier molecular flexibility index (Phi) is 4.97. The normalized spacial score (nSPS) is 20.0. The molecule has 0 radical (unpaired) electrons. The van der Waals surface area contributed by atoms with Crippen molar-refractivity contribution in [1.82, 2.24) is 0 Å². The van der Waals surface area contributed by atoms with Crippen LogP contribution in [-0.2, 0) is 6.54 Å². The second kappa shape index (κ2) is 7.55. The van der Waals surface area contributed by atoms with E-state index in [9.17, 15) is 9.90 Å². The van der Waals surface area contributed by atoms with E-state index in [2.05, 4.69) is 6.92 Å². The van der Waals surface area contributed by atoms with Gasteiger partial charge in [-0.25, -0.2) is 0 Å². The van der Waals surface area contributed by atoms with Crippen molar-refractivity contribution in [3.63, 3.8) is 0 Å². The van der Waals surface area contributed by atoms with Crippen molar-refractivity contribution >= 4 is 11.0 Å². The average molecular weight is 366 g/mol. The summed E-state index contributed by atoms with van der Waals surface area (Å²) in [4.78, 5) is 16.1. The Labute approximate surface area is 158 Å². The summed E-state index contributed by atoms with van der Waals surface area (Å²) in [6.45, 7) is 8.45. The largest absolute Gasteiger partial charge is 0.507 e. The van der Waals surface area contributed by atoms with Crippen molar-refractivity contribution in [2.24, 2.45) is 0 Å². The Morgan fingerprint density at radius 3 is 2.41 bits per heavy atom. The maximum atomic E-state index is 13.0. The van der Waals surface area contributed by atoms with Gasteiger partial charge in [0.25, 0.3) is 0 Å². The number of fused-ring (bicyclic) bond motifs is 1. The molecule has 1 saturated heterocycles. The molecule has 5 heteroatoms. The molecular formula is C22H26N2O3+2. The summed E-state index contributed by atoms with van der Waals surface area (Å²) in [7, 11) is 0. The summed E-state index contributed by atoms with van der Waals surface area (Å²) in [6, 6.07) is 12.8. The monoisotopic (exact) mass is 366 g/mol. The molecule has 4 rings (SSSR count). The van der Waals surface area contributed by atoms with E-state index in [1.807, 2.05) is 30.3 Å². The van der Waals surface area contributed by atoms with E-state index in [0.717, 1.165) is 43.9 Å². The highest BCUT2D eigenvalue weighted by Crippen LogP contribution is 2.27. The van der Waals surface area contributed by atoms with Gasteiger partial charge in [-0.1, -0.05) is 30.3 Å². The van der Waals surface area contributed by atoms with Gasteiger partial charge in [0.15, 0.2) is 0 Å². The maximum Gasteiger partial charge on any atom is 0.200 e. The van der Waals surface area contributed by atoms with Gasteiger partial charge >= 0.3 is 0 Å². The Morgan fingerprint density at radius 2 is 1.70 bits per heavy atom. The average Bonchev–Trinajstić information content (AvgIpc) is 2.71. The van der Waals surface area contributed by atoms with Crippen LogP contribution in [0.3, 0.4) is 0 Å². The topological polar surface area (TPSA) is 59.3 Å². The number of piperazine rings is 1. The van der Waals surface area contributed by atoms with Gasteiger partial charge in [-0.2, -0.15) is 0 Å². The highest BCUT2D eigenvalue weighted by molar-refractivity contribution is 5.85. The third kappa shape index (κ3) is 3.48. The third-order valence-corrected chi connectivity index (χ3v) is 5.70. The summed E-state index contributed by atoms with van der Waals surface area (Å²) >= 11 is 0. The second-order valence-electron chi connectivity index (χ2n) is 7.31. The van der Waals surface area contributed by atoms with Gasteiger partial charge in [-0.15, -0.1) is 0 Å². The van der Waals surface area contributed by atoms with E-state index in [1.54, 1.807) is 17.0 Å². The van der Waals surface area contributed by atoms with Crippen LogP contribution < -0.4 is 15.2 Å². The number of quaternary nitrogens is 2. The molecule has 2 heterocycles. The van der Waals surface area contributed by atoms with Gasteiger partial charge < -0.3 is 19.3 Å². The lowest BCUT2D eigenvalue weighted by Gasteiger charge is -2.29. The number of nitrogens with one attached hydrogen (secondary N) is 2. The van der Waals surface area contributed by atoms with Crippen molar-refractivity contribution in [3.05, 3.63) is 64.5 Å². The van der Waals surface area contributed by atoms with Crippen molar-refractivity contribution in [2.75, 3.05) is 32.7 Å². The number of phenolic OH excluding ortho intramolecular Hbond substituents is 1. The molecule has 1 aromatic heterocycles. The zero-order valence-electron chi connectivity index (χ0n) is 15.6. The van der Waals surface area contributed by atoms with Crippen molar-refractivity contribution in [3.8, 4) is 16.9 Å². The third-order valence-electron chi connectivity index (χ3n) is 5.70. The van der Waals surface area contributed by atoms with Crippen LogP contribution in [0.2, 0.25) is 0 Å². The molecule has 0 atom stereocenters. The molecule has 1 aliphatic rings. The van der Waals surface area contributed by atoms with Crippen molar-refractivity contribution in [1.29, 1.82) is 0 Å². The number of benzene rings is 2. The zero-order valence-corrected chi connectivity index (χ0v) is 15.6. The highest BCUT2D eigenvalue weighted by atomic mass is 16.3. The Balaban J connectivity index is 1.70. The molecule has 0 amide bonds. The van der Waals surface area contributed by atoms with Gasteiger partial charge in [-0.05, 0) is 24.6 Å². The molecule has 2 aromatic carbocycles. The number of likely N-dealkylation sites (N-methyl/N-ethyl adjacent to an activating group) is 1. The van der Waals surface area contributed by atoms with Gasteiger partial charge in [0.2, 0.25) is 5.43 Å². The molecule has 1 aliphatic heterocycles. The molecule has 5 nitrogen and oxygen atoms in total. The Bertz CT molecular complexity index is 990. The molecule has 27 heavy (non-hydrogen) atoms. The Hall–Kier alpha value is -2.63. The van der Waals surface area contributed by atoms with Crippen LogP contribution in [0.4, 0.5) is 0 Å². The first-order valence-corrected chi connectivity index (χ1v) is 9.66. The molecule has 3 aromatic rings. The minimum Gasteiger partial charge on any atom is -0.507 e. The number of aromatic hydroxyl groups is 1. The van der Waals surface area contributed by atoms with Crippen molar-refractivity contribution in [2.45, 2.75) is 13.5 Å². The van der Waals surface area contributed by atoms with Crippen LogP contribution in [-0.4, -0.2) is 37.8 Å². The van der Waals surface area contributed by atoms with Crippen LogP contribution in [0.5, 0.6) is 5.75 Å². The quantitative estimate of drug-likeness (QED) is 0.629. The van der Waals surface area contributed by atoms with Crippen LogP contribution in [0.25, 0.3) is 22.1 Å². The predicted octanol–water partition coefficient (Wildman–Crippen LogP) is 0.469. The van der Waals surface area contributed by atoms with E-state index in [-0.39, 0.29) is 11.2 Å². The number of rotatable bonds is 4. The van der Waals surface area contributed by atoms with E-state index >= 15 is 0 Å². The second-order valence-corrected chi connectivity index (χ2v) is 7.31. The van der Waals surface area contributed by atoms with Gasteiger partial charge in [0.05, 0.1) is 23.1 Å². The van der Waals surface area contributed by atoms with Crippen molar-refractivity contribution < 1.29 is 19.3 Å². The lowest BCUT2D eigenvalue weighted by molar-refractivity contribution is -1.02. The first-order chi connectivity index (χ1) is 13.2.